The zero-order valence-electron chi connectivity index (χ0n) is 25.2. The lowest BCUT2D eigenvalue weighted by Crippen LogP contribution is -2.52. The van der Waals surface area contributed by atoms with Crippen molar-refractivity contribution in [2.24, 2.45) is 0 Å². The summed E-state index contributed by atoms with van der Waals surface area (Å²) in [7, 11) is 0. The molecule has 3 N–H and O–H groups in total. The molecule has 9 nitrogen and oxygen atoms in total. The maximum atomic E-state index is 15.2. The second kappa shape index (κ2) is 11.3. The smallest absolute Gasteiger partial charge is 0.375 e. The maximum Gasteiger partial charge on any atom is 0.417 e. The number of hydrogen-bond donors (Lipinski definition) is 2. The van der Waals surface area contributed by atoms with Gasteiger partial charge in [0.25, 0.3) is 0 Å². The van der Waals surface area contributed by atoms with Crippen molar-refractivity contribution in [1.82, 2.24) is 29.7 Å². The number of nitrogen functional groups attached to an aromatic ring is 1. The van der Waals surface area contributed by atoms with Crippen LogP contribution in [0.5, 0.6) is 0 Å². The Bertz CT molecular complexity index is 1890. The topological polar surface area (TPSA) is 95.6 Å². The van der Waals surface area contributed by atoms with Gasteiger partial charge >= 0.3 is 11.9 Å². The number of nitrogens with one attached hydrogen (secondary N) is 1. The monoisotopic (exact) mass is 674 g/mol. The highest BCUT2D eigenvalue weighted by atomic mass is 32.2. The van der Waals surface area contributed by atoms with E-state index in [9.17, 15) is 9.18 Å². The number of hydrogen-bond acceptors (Lipinski definition) is 10. The van der Waals surface area contributed by atoms with Gasteiger partial charge in [0.05, 0.1) is 27.3 Å². The number of anilines is 2. The van der Waals surface area contributed by atoms with Crippen LogP contribution in [-0.4, -0.2) is 94.5 Å². The molecule has 244 valence electrons. The fourth-order valence-electron chi connectivity index (χ4n) is 7.71. The summed E-state index contributed by atoms with van der Waals surface area (Å²) in [5.41, 5.74) is 5.22. The van der Waals surface area contributed by atoms with E-state index in [1.165, 1.54) is 23.9 Å². The first-order valence-corrected chi connectivity index (χ1v) is 17.5. The maximum absolute atomic E-state index is 15.2. The van der Waals surface area contributed by atoms with Crippen molar-refractivity contribution >= 4 is 55.2 Å². The molecule has 2 bridgehead atoms. The predicted molar refractivity (Wildman–Crippen MR) is 174 cm³/mol. The Hall–Kier alpha value is -2.98. The van der Waals surface area contributed by atoms with Gasteiger partial charge in [0.1, 0.15) is 11.6 Å². The molecule has 3 fully saturated rings. The number of fused-ring (bicyclic) bond motifs is 3. The summed E-state index contributed by atoms with van der Waals surface area (Å²) < 4.78 is 62.1. The van der Waals surface area contributed by atoms with Crippen molar-refractivity contribution in [3.8, 4) is 11.1 Å². The van der Waals surface area contributed by atoms with E-state index in [4.69, 9.17) is 5.73 Å². The van der Waals surface area contributed by atoms with E-state index >= 15 is 13.2 Å². The lowest BCUT2D eigenvalue weighted by atomic mass is 9.95. The van der Waals surface area contributed by atoms with E-state index in [1.54, 1.807) is 4.57 Å². The summed E-state index contributed by atoms with van der Waals surface area (Å²) >= 11 is 2.23. The lowest BCUT2D eigenvalue weighted by Gasteiger charge is -2.39. The van der Waals surface area contributed by atoms with Gasteiger partial charge in [-0.15, -0.1) is 11.8 Å². The summed E-state index contributed by atoms with van der Waals surface area (Å²) in [5, 5.41) is 3.94. The first-order valence-electron chi connectivity index (χ1n) is 15.7. The first-order chi connectivity index (χ1) is 22.1. The molecule has 3 atom stereocenters. The van der Waals surface area contributed by atoms with Crippen LogP contribution in [0, 0.1) is 5.82 Å². The molecule has 2 unspecified atom stereocenters. The molecule has 4 aliphatic heterocycles. The molecule has 2 aromatic carbocycles. The van der Waals surface area contributed by atoms with E-state index in [0.717, 1.165) is 63.0 Å². The standard InChI is InChI=1S/C31H34F4N8OS2/c1-2-40-7-9-41(10-8-40)14-18-15-45-27-23(19-5-6-22(32)26-24(19)38-29(36)46-26)21(31(33,34)35)11-20-25(27)43(18)30(44)39-28(20)42-12-16-3-4-17(13-42)37-16/h5-6,11,16-18,37H,2-4,7-10,12-15H2,1H3,(H2,36,38)/t16?,17?,18-/m0/s1. The van der Waals surface area contributed by atoms with Crippen LogP contribution in [0.4, 0.5) is 28.5 Å². The average molecular weight is 675 g/mol. The highest BCUT2D eigenvalue weighted by Gasteiger charge is 2.41. The number of alkyl halides is 3. The minimum atomic E-state index is -4.75. The molecule has 0 amide bonds. The molecule has 8 rings (SSSR count). The van der Waals surface area contributed by atoms with Gasteiger partial charge in [-0.3, -0.25) is 9.47 Å². The number of nitrogens with zero attached hydrogens (tertiary/aromatic N) is 6. The fourth-order valence-corrected chi connectivity index (χ4v) is 9.79. The Balaban J connectivity index is 1.37. The molecule has 3 saturated heterocycles. The largest absolute Gasteiger partial charge is 0.417 e. The van der Waals surface area contributed by atoms with Gasteiger partial charge in [-0.1, -0.05) is 18.3 Å². The van der Waals surface area contributed by atoms with Crippen LogP contribution >= 0.6 is 23.1 Å². The van der Waals surface area contributed by atoms with Crippen LogP contribution in [0.1, 0.15) is 31.4 Å². The van der Waals surface area contributed by atoms with Crippen molar-refractivity contribution in [3.63, 3.8) is 0 Å². The van der Waals surface area contributed by atoms with Crippen molar-refractivity contribution in [3.05, 3.63) is 40.1 Å². The van der Waals surface area contributed by atoms with Crippen LogP contribution in [-0.2, 0) is 6.18 Å². The minimum Gasteiger partial charge on any atom is -0.375 e. The van der Waals surface area contributed by atoms with Crippen molar-refractivity contribution < 1.29 is 17.6 Å². The number of nitrogens with two attached hydrogens (primary N) is 1. The van der Waals surface area contributed by atoms with Crippen LogP contribution in [0.15, 0.2) is 27.9 Å². The highest BCUT2D eigenvalue weighted by molar-refractivity contribution is 7.99. The van der Waals surface area contributed by atoms with E-state index in [0.29, 0.717) is 47.0 Å². The Kier molecular flexibility index (Phi) is 7.47. The molecule has 0 spiro atoms. The predicted octanol–water partition coefficient (Wildman–Crippen LogP) is 4.64. The average Bonchev–Trinajstić information content (AvgIpc) is 3.60. The summed E-state index contributed by atoms with van der Waals surface area (Å²) in [6.07, 6.45) is -2.81. The van der Waals surface area contributed by atoms with Gasteiger partial charge in [0.2, 0.25) is 0 Å². The Morgan fingerprint density at radius 1 is 1.07 bits per heavy atom. The number of halogens is 4. The number of piperazine rings is 2. The van der Waals surface area contributed by atoms with Crippen molar-refractivity contribution in [2.75, 3.05) is 68.7 Å². The quantitative estimate of drug-likeness (QED) is 0.294. The molecule has 4 aromatic rings. The Morgan fingerprint density at radius 3 is 2.48 bits per heavy atom. The summed E-state index contributed by atoms with van der Waals surface area (Å²) in [6.45, 7) is 8.40. The van der Waals surface area contributed by atoms with Crippen molar-refractivity contribution in [2.45, 2.75) is 49.0 Å². The lowest BCUT2D eigenvalue weighted by molar-refractivity contribution is -0.137. The highest BCUT2D eigenvalue weighted by Crippen LogP contribution is 2.51. The van der Waals surface area contributed by atoms with Crippen LogP contribution in [0.2, 0.25) is 0 Å². The Morgan fingerprint density at radius 2 is 1.78 bits per heavy atom. The van der Waals surface area contributed by atoms with Crippen molar-refractivity contribution in [1.29, 1.82) is 0 Å². The first kappa shape index (κ1) is 30.4. The van der Waals surface area contributed by atoms with Crippen LogP contribution in [0.25, 0.3) is 32.2 Å². The third-order valence-electron chi connectivity index (χ3n) is 9.91. The number of benzene rings is 2. The van der Waals surface area contributed by atoms with Crippen LogP contribution in [0.3, 0.4) is 0 Å². The van der Waals surface area contributed by atoms with Gasteiger partial charge in [-0.05, 0) is 37.6 Å². The fraction of sp³-hybridized carbons (Fsp3) is 0.516. The molecule has 0 radical (unpaired) electrons. The molecule has 15 heteroatoms. The number of thiazole rings is 1. The number of aromatic nitrogens is 3. The zero-order chi connectivity index (χ0) is 31.9. The summed E-state index contributed by atoms with van der Waals surface area (Å²) in [5.74, 6) is 0.101. The molecule has 2 aromatic heterocycles. The normalized spacial score (nSPS) is 24.0. The van der Waals surface area contributed by atoms with E-state index < -0.39 is 23.2 Å². The summed E-state index contributed by atoms with van der Waals surface area (Å²) in [6, 6.07) is 3.78. The number of thioether (sulfide) groups is 1. The summed E-state index contributed by atoms with van der Waals surface area (Å²) in [4.78, 5) is 30.0. The van der Waals surface area contributed by atoms with Gasteiger partial charge in [0.15, 0.2) is 5.13 Å². The number of likely N-dealkylation sites (N-methyl/N-ethyl adjacent to an activating group) is 1. The van der Waals surface area contributed by atoms with Gasteiger partial charge in [-0.25, -0.2) is 14.2 Å². The molecule has 46 heavy (non-hydrogen) atoms. The van der Waals surface area contributed by atoms with E-state index in [-0.39, 0.29) is 44.6 Å². The molecule has 0 saturated carbocycles. The third-order valence-corrected chi connectivity index (χ3v) is 12.0. The molecule has 6 heterocycles. The molecular formula is C31H34F4N8OS2. The van der Waals surface area contributed by atoms with E-state index in [1.807, 2.05) is 4.90 Å². The second-order valence-electron chi connectivity index (χ2n) is 12.7. The van der Waals surface area contributed by atoms with Gasteiger partial charge in [0, 0.05) is 85.1 Å². The van der Waals surface area contributed by atoms with Crippen LogP contribution < -0.4 is 21.6 Å². The third kappa shape index (κ3) is 5.05. The molecular weight excluding hydrogens is 641 g/mol. The molecule has 4 aliphatic rings. The van der Waals surface area contributed by atoms with Gasteiger partial charge in [-0.2, -0.15) is 18.2 Å². The van der Waals surface area contributed by atoms with Gasteiger partial charge < -0.3 is 20.9 Å². The molecule has 0 aliphatic carbocycles. The Labute approximate surface area is 270 Å². The number of rotatable bonds is 5. The van der Waals surface area contributed by atoms with E-state index in [2.05, 4.69) is 32.0 Å². The second-order valence-corrected chi connectivity index (χ2v) is 14.7. The zero-order valence-corrected chi connectivity index (χ0v) is 26.9. The minimum absolute atomic E-state index is 0.0666. The SMILES string of the molecule is CCN1CCN(C[C@H]2CSc3c(-c4ccc(F)c5sc(N)nc45)c(C(F)(F)F)cc4c(N5CC6CCC(C5)N6)nc(=O)n2c34)CC1.